The maximum atomic E-state index is 11.1. The van der Waals surface area contributed by atoms with Crippen LogP contribution in [0.1, 0.15) is 30.1 Å². The Bertz CT molecular complexity index is 408. The molecule has 1 rings (SSSR count). The first-order valence-electron chi connectivity index (χ1n) is 6.74. The third-order valence-corrected chi connectivity index (χ3v) is 3.82. The van der Waals surface area contributed by atoms with Gasteiger partial charge >= 0.3 is 5.97 Å². The number of carbonyl (C=O) groups is 1. The minimum Gasteiger partial charge on any atom is -0.480 e. The van der Waals surface area contributed by atoms with Crippen LogP contribution in [0, 0.1) is 6.92 Å². The molecule has 0 aliphatic rings. The average Bonchev–Trinajstić information content (AvgIpc) is 2.42. The molecular weight excluding hydrogens is 274 g/mol. The summed E-state index contributed by atoms with van der Waals surface area (Å²) in [6.07, 6.45) is 2.50. The lowest BCUT2D eigenvalue weighted by molar-refractivity contribution is -0.139. The van der Waals surface area contributed by atoms with Crippen molar-refractivity contribution >= 4 is 17.7 Å². The monoisotopic (exact) mass is 297 g/mol. The Labute approximate surface area is 124 Å². The van der Waals surface area contributed by atoms with Gasteiger partial charge < -0.3 is 15.5 Å². The minimum absolute atomic E-state index is 0.486. The Morgan fingerprint density at radius 1 is 1.30 bits per heavy atom. The van der Waals surface area contributed by atoms with Crippen LogP contribution < -0.4 is 5.32 Å². The molecule has 0 amide bonds. The molecular formula is C15H23NO3S. The molecule has 0 unspecified atom stereocenters. The molecule has 0 saturated heterocycles. The first-order valence-corrected chi connectivity index (χ1v) is 8.13. The maximum absolute atomic E-state index is 11.1. The van der Waals surface area contributed by atoms with Crippen LogP contribution in [-0.4, -0.2) is 40.8 Å². The maximum Gasteiger partial charge on any atom is 0.320 e. The van der Waals surface area contributed by atoms with E-state index in [4.69, 9.17) is 5.11 Å². The van der Waals surface area contributed by atoms with Crippen LogP contribution in [0.3, 0.4) is 0 Å². The average molecular weight is 297 g/mol. The number of thioether (sulfide) groups is 1. The molecule has 112 valence electrons. The van der Waals surface area contributed by atoms with Gasteiger partial charge in [0, 0.05) is 0 Å². The van der Waals surface area contributed by atoms with Gasteiger partial charge in [-0.1, -0.05) is 29.8 Å². The Hall–Kier alpha value is -1.04. The molecule has 0 radical (unpaired) electrons. The molecule has 0 spiro atoms. The smallest absolute Gasteiger partial charge is 0.320 e. The van der Waals surface area contributed by atoms with Gasteiger partial charge in [-0.2, -0.15) is 11.8 Å². The molecule has 0 aliphatic carbocycles. The Kier molecular flexibility index (Phi) is 7.65. The third-order valence-electron chi connectivity index (χ3n) is 3.18. The van der Waals surface area contributed by atoms with Gasteiger partial charge in [0.05, 0.1) is 6.10 Å². The number of carboxylic acids is 1. The van der Waals surface area contributed by atoms with E-state index < -0.39 is 18.1 Å². The number of aliphatic carboxylic acids is 1. The van der Waals surface area contributed by atoms with Crippen LogP contribution in [0.4, 0.5) is 0 Å². The van der Waals surface area contributed by atoms with Crippen molar-refractivity contribution in [3.63, 3.8) is 0 Å². The molecule has 0 heterocycles. The van der Waals surface area contributed by atoms with E-state index in [0.29, 0.717) is 19.4 Å². The van der Waals surface area contributed by atoms with Crippen LogP contribution >= 0.6 is 11.8 Å². The summed E-state index contributed by atoms with van der Waals surface area (Å²) >= 11 is 1.63. The number of hydrogen-bond donors (Lipinski definition) is 3. The van der Waals surface area contributed by atoms with E-state index in [9.17, 15) is 9.90 Å². The summed E-state index contributed by atoms with van der Waals surface area (Å²) in [6, 6.07) is 7.20. The van der Waals surface area contributed by atoms with Crippen LogP contribution in [0.2, 0.25) is 0 Å². The van der Waals surface area contributed by atoms with Crippen molar-refractivity contribution in [1.29, 1.82) is 0 Å². The van der Waals surface area contributed by atoms with E-state index in [2.05, 4.69) is 5.32 Å². The minimum atomic E-state index is -0.830. The lowest BCUT2D eigenvalue weighted by atomic mass is 10.0. The Balaban J connectivity index is 2.38. The number of aryl methyl sites for hydroxylation is 1. The van der Waals surface area contributed by atoms with Crippen molar-refractivity contribution in [1.82, 2.24) is 5.32 Å². The van der Waals surface area contributed by atoms with Crippen LogP contribution in [-0.2, 0) is 4.79 Å². The summed E-state index contributed by atoms with van der Waals surface area (Å²) < 4.78 is 0. The second-order valence-corrected chi connectivity index (χ2v) is 5.83. The number of aliphatic hydroxyl groups is 1. The zero-order chi connectivity index (χ0) is 15.0. The van der Waals surface area contributed by atoms with Crippen molar-refractivity contribution in [2.45, 2.75) is 31.9 Å². The van der Waals surface area contributed by atoms with Gasteiger partial charge in [0.2, 0.25) is 0 Å². The molecule has 5 heteroatoms. The van der Waals surface area contributed by atoms with E-state index in [1.165, 1.54) is 0 Å². The molecule has 4 nitrogen and oxygen atoms in total. The van der Waals surface area contributed by atoms with Gasteiger partial charge in [0.25, 0.3) is 0 Å². The predicted octanol–water partition coefficient (Wildman–Crippen LogP) is 2.21. The fourth-order valence-corrected chi connectivity index (χ4v) is 2.37. The molecule has 20 heavy (non-hydrogen) atoms. The molecule has 0 saturated carbocycles. The highest BCUT2D eigenvalue weighted by atomic mass is 32.2. The predicted molar refractivity (Wildman–Crippen MR) is 83.2 cm³/mol. The summed E-state index contributed by atoms with van der Waals surface area (Å²) in [5.74, 6) is -0.0197. The summed E-state index contributed by atoms with van der Waals surface area (Å²) in [7, 11) is 0. The summed E-state index contributed by atoms with van der Waals surface area (Å²) in [6.45, 7) is 2.49. The summed E-state index contributed by atoms with van der Waals surface area (Å²) in [5.41, 5.74) is 2.02. The fourth-order valence-electron chi connectivity index (χ4n) is 1.90. The first-order chi connectivity index (χ1) is 9.54. The first kappa shape index (κ1) is 17.0. The number of benzene rings is 1. The van der Waals surface area contributed by atoms with Gasteiger partial charge in [-0.15, -0.1) is 0 Å². The largest absolute Gasteiger partial charge is 0.480 e. The highest BCUT2D eigenvalue weighted by Crippen LogP contribution is 2.16. The van der Waals surface area contributed by atoms with Gasteiger partial charge in [0.15, 0.2) is 0 Å². The standard InChI is InChI=1S/C15H23NO3S/c1-11-3-5-12(6-4-11)14(17)7-9-16-13(15(18)19)8-10-20-2/h3-6,13-14,16-17H,7-10H2,1-2H3,(H,18,19)/t13-,14-/m1/s1. The van der Waals surface area contributed by atoms with E-state index in [1.54, 1.807) is 11.8 Å². The number of hydrogen-bond acceptors (Lipinski definition) is 4. The zero-order valence-electron chi connectivity index (χ0n) is 12.0. The topological polar surface area (TPSA) is 69.6 Å². The third kappa shape index (κ3) is 5.94. The normalized spacial score (nSPS) is 13.9. The van der Waals surface area contributed by atoms with Gasteiger partial charge in [0.1, 0.15) is 6.04 Å². The molecule has 3 N–H and O–H groups in total. The fraction of sp³-hybridized carbons (Fsp3) is 0.533. The van der Waals surface area contributed by atoms with Gasteiger partial charge in [-0.3, -0.25) is 4.79 Å². The number of nitrogens with one attached hydrogen (secondary N) is 1. The van der Waals surface area contributed by atoms with Crippen molar-refractivity contribution in [2.75, 3.05) is 18.6 Å². The van der Waals surface area contributed by atoms with Gasteiger partial charge in [-0.05, 0) is 43.9 Å². The van der Waals surface area contributed by atoms with Gasteiger partial charge in [-0.25, -0.2) is 0 Å². The molecule has 1 aromatic carbocycles. The number of rotatable bonds is 9. The van der Waals surface area contributed by atoms with E-state index in [0.717, 1.165) is 16.9 Å². The SMILES string of the molecule is CSCC[C@@H](NCC[C@@H](O)c1ccc(C)cc1)C(=O)O. The highest BCUT2D eigenvalue weighted by molar-refractivity contribution is 7.98. The lowest BCUT2D eigenvalue weighted by Gasteiger charge is -2.16. The number of carboxylic acid groups (broad SMARTS) is 1. The van der Waals surface area contributed by atoms with Crippen molar-refractivity contribution < 1.29 is 15.0 Å². The molecule has 2 atom stereocenters. The van der Waals surface area contributed by atoms with Crippen molar-refractivity contribution in [2.24, 2.45) is 0 Å². The molecule has 0 bridgehead atoms. The van der Waals surface area contributed by atoms with Crippen LogP contribution in [0.5, 0.6) is 0 Å². The molecule has 0 aliphatic heterocycles. The lowest BCUT2D eigenvalue weighted by Crippen LogP contribution is -2.38. The van der Waals surface area contributed by atoms with Crippen molar-refractivity contribution in [3.05, 3.63) is 35.4 Å². The van der Waals surface area contributed by atoms with Crippen LogP contribution in [0.25, 0.3) is 0 Å². The molecule has 1 aromatic rings. The Morgan fingerprint density at radius 2 is 1.95 bits per heavy atom. The second-order valence-electron chi connectivity index (χ2n) is 4.84. The second kappa shape index (κ2) is 9.00. The van der Waals surface area contributed by atoms with Crippen LogP contribution in [0.15, 0.2) is 24.3 Å². The van der Waals surface area contributed by atoms with Crippen molar-refractivity contribution in [3.8, 4) is 0 Å². The number of aliphatic hydroxyl groups excluding tert-OH is 1. The quantitative estimate of drug-likeness (QED) is 0.652. The van der Waals surface area contributed by atoms with E-state index >= 15 is 0 Å². The Morgan fingerprint density at radius 3 is 2.50 bits per heavy atom. The highest BCUT2D eigenvalue weighted by Gasteiger charge is 2.16. The summed E-state index contributed by atoms with van der Waals surface area (Å²) in [4.78, 5) is 11.1. The van der Waals surface area contributed by atoms with E-state index in [1.807, 2.05) is 37.4 Å². The molecule has 0 aromatic heterocycles. The zero-order valence-corrected chi connectivity index (χ0v) is 12.8. The van der Waals surface area contributed by atoms with E-state index in [-0.39, 0.29) is 0 Å². The summed E-state index contributed by atoms with van der Waals surface area (Å²) in [5, 5.41) is 22.1. The molecule has 0 fully saturated rings.